The van der Waals surface area contributed by atoms with Crippen LogP contribution < -0.4 is 5.32 Å². The molecule has 70 valence electrons. The fourth-order valence-corrected chi connectivity index (χ4v) is 1.21. The molecule has 1 N–H and O–H groups in total. The zero-order valence-corrected chi connectivity index (χ0v) is 8.35. The number of hydrogen-bond donors (Lipinski definition) is 1. The number of carbonyl (C=O) groups is 1. The van der Waals surface area contributed by atoms with Gasteiger partial charge in [-0.1, -0.05) is 17.7 Å². The summed E-state index contributed by atoms with van der Waals surface area (Å²) in [5.41, 5.74) is 1.61. The molecule has 13 heavy (non-hydrogen) atoms. The molecule has 0 aliphatic carbocycles. The monoisotopic (exact) mass is 198 g/mol. The Hall–Kier alpha value is -1.09. The summed E-state index contributed by atoms with van der Waals surface area (Å²) in [7, 11) is 1.60. The lowest BCUT2D eigenvalue weighted by Crippen LogP contribution is -2.20. The van der Waals surface area contributed by atoms with Gasteiger partial charge >= 0.3 is 0 Å². The minimum absolute atomic E-state index is 0.0625. The van der Waals surface area contributed by atoms with Crippen LogP contribution in [0.15, 0.2) is 12.1 Å². The minimum Gasteiger partial charge on any atom is -0.359 e. The average Bonchev–Trinajstić information content (AvgIpc) is 2.09. The Balaban J connectivity index is 2.83. The molecule has 0 fully saturated rings. The van der Waals surface area contributed by atoms with E-state index in [2.05, 4.69) is 10.3 Å². The van der Waals surface area contributed by atoms with Crippen LogP contribution in [0.4, 0.5) is 0 Å². The highest BCUT2D eigenvalue weighted by molar-refractivity contribution is 6.30. The van der Waals surface area contributed by atoms with Crippen LogP contribution in [-0.4, -0.2) is 17.9 Å². The molecule has 0 spiro atoms. The van der Waals surface area contributed by atoms with Gasteiger partial charge in [-0.15, -0.1) is 0 Å². The largest absolute Gasteiger partial charge is 0.359 e. The van der Waals surface area contributed by atoms with Crippen molar-refractivity contribution in [3.05, 3.63) is 28.5 Å². The van der Waals surface area contributed by atoms with E-state index in [0.29, 0.717) is 5.15 Å². The van der Waals surface area contributed by atoms with Gasteiger partial charge in [0.15, 0.2) is 0 Å². The van der Waals surface area contributed by atoms with Crippen molar-refractivity contribution in [1.82, 2.24) is 10.3 Å². The highest BCUT2D eigenvalue weighted by Crippen LogP contribution is 2.13. The molecule has 0 saturated heterocycles. The second-order valence-corrected chi connectivity index (χ2v) is 3.11. The summed E-state index contributed by atoms with van der Waals surface area (Å²) < 4.78 is 0. The first kappa shape index (κ1) is 9.99. The molecule has 0 unspecified atom stereocenters. The van der Waals surface area contributed by atoms with E-state index in [9.17, 15) is 4.79 Å². The van der Waals surface area contributed by atoms with Crippen LogP contribution in [0, 0.1) is 6.92 Å². The molecule has 0 saturated carbocycles. The molecule has 1 aromatic rings. The molecule has 3 nitrogen and oxygen atoms in total. The van der Waals surface area contributed by atoms with Crippen LogP contribution in [0.5, 0.6) is 0 Å². The predicted molar refractivity (Wildman–Crippen MR) is 51.8 cm³/mol. The molecule has 0 aliphatic rings. The van der Waals surface area contributed by atoms with E-state index < -0.39 is 0 Å². The summed E-state index contributed by atoms with van der Waals surface area (Å²) in [6.07, 6.45) is 0.280. The van der Waals surface area contributed by atoms with Gasteiger partial charge in [0.2, 0.25) is 5.91 Å². The number of pyridine rings is 1. The summed E-state index contributed by atoms with van der Waals surface area (Å²) in [5.74, 6) is -0.0625. The summed E-state index contributed by atoms with van der Waals surface area (Å²) in [4.78, 5) is 15.1. The molecule has 0 bridgehead atoms. The zero-order chi connectivity index (χ0) is 9.84. The lowest BCUT2D eigenvalue weighted by Gasteiger charge is -2.02. The SMILES string of the molecule is CNC(=O)Cc1ccc(C)nc1Cl. The maximum absolute atomic E-state index is 11.0. The molecule has 4 heteroatoms. The second kappa shape index (κ2) is 4.23. The van der Waals surface area contributed by atoms with Crippen LogP contribution >= 0.6 is 11.6 Å². The molecule has 1 rings (SSSR count). The van der Waals surface area contributed by atoms with Crippen molar-refractivity contribution in [3.63, 3.8) is 0 Å². The number of aromatic nitrogens is 1. The van der Waals surface area contributed by atoms with Crippen molar-refractivity contribution in [2.75, 3.05) is 7.05 Å². The molecule has 0 aliphatic heterocycles. The molecule has 0 aromatic carbocycles. The maximum atomic E-state index is 11.0. The number of halogens is 1. The predicted octanol–water partition coefficient (Wildman–Crippen LogP) is 1.33. The first-order chi connectivity index (χ1) is 6.13. The van der Waals surface area contributed by atoms with E-state index in [1.807, 2.05) is 19.1 Å². The number of nitrogens with one attached hydrogen (secondary N) is 1. The molecule has 1 aromatic heterocycles. The Morgan fingerprint density at radius 2 is 2.31 bits per heavy atom. The first-order valence-corrected chi connectivity index (χ1v) is 4.34. The first-order valence-electron chi connectivity index (χ1n) is 3.96. The van der Waals surface area contributed by atoms with Crippen molar-refractivity contribution in [1.29, 1.82) is 0 Å². The van der Waals surface area contributed by atoms with Gasteiger partial charge in [-0.05, 0) is 18.6 Å². The highest BCUT2D eigenvalue weighted by atomic mass is 35.5. The van der Waals surface area contributed by atoms with Crippen LogP contribution in [0.2, 0.25) is 5.15 Å². The van der Waals surface area contributed by atoms with Gasteiger partial charge < -0.3 is 5.32 Å². The van der Waals surface area contributed by atoms with E-state index in [4.69, 9.17) is 11.6 Å². The van der Waals surface area contributed by atoms with Gasteiger partial charge in [-0.25, -0.2) is 4.98 Å². The quantitative estimate of drug-likeness (QED) is 0.729. The van der Waals surface area contributed by atoms with Crippen molar-refractivity contribution >= 4 is 17.5 Å². The number of nitrogens with zero attached hydrogens (tertiary/aromatic N) is 1. The lowest BCUT2D eigenvalue weighted by atomic mass is 10.2. The topological polar surface area (TPSA) is 42.0 Å². The van der Waals surface area contributed by atoms with Gasteiger partial charge in [0, 0.05) is 12.7 Å². The Morgan fingerprint density at radius 1 is 1.62 bits per heavy atom. The van der Waals surface area contributed by atoms with Gasteiger partial charge in [0.1, 0.15) is 5.15 Å². The number of likely N-dealkylation sites (N-methyl/N-ethyl adjacent to an activating group) is 1. The molecular weight excluding hydrogens is 188 g/mol. The maximum Gasteiger partial charge on any atom is 0.224 e. The van der Waals surface area contributed by atoms with Gasteiger partial charge in [0.05, 0.1) is 6.42 Å². The molecular formula is C9H11ClN2O. The summed E-state index contributed by atoms with van der Waals surface area (Å²) in [5, 5.41) is 2.94. The van der Waals surface area contributed by atoms with Crippen molar-refractivity contribution in [3.8, 4) is 0 Å². The number of carbonyl (C=O) groups excluding carboxylic acids is 1. The molecule has 0 radical (unpaired) electrons. The standard InChI is InChI=1S/C9H11ClN2O/c1-6-3-4-7(9(10)12-6)5-8(13)11-2/h3-4H,5H2,1-2H3,(H,11,13). The third-order valence-corrected chi connectivity index (χ3v) is 2.02. The Morgan fingerprint density at radius 3 is 2.85 bits per heavy atom. The van der Waals surface area contributed by atoms with E-state index in [1.54, 1.807) is 7.05 Å². The Bertz CT molecular complexity index is 325. The van der Waals surface area contributed by atoms with Crippen molar-refractivity contribution in [2.45, 2.75) is 13.3 Å². The van der Waals surface area contributed by atoms with E-state index in [0.717, 1.165) is 11.3 Å². The summed E-state index contributed by atoms with van der Waals surface area (Å²) >= 11 is 5.84. The second-order valence-electron chi connectivity index (χ2n) is 2.75. The van der Waals surface area contributed by atoms with Gasteiger partial charge in [-0.3, -0.25) is 4.79 Å². The van der Waals surface area contributed by atoms with Crippen LogP contribution in [0.25, 0.3) is 0 Å². The zero-order valence-electron chi connectivity index (χ0n) is 7.60. The lowest BCUT2D eigenvalue weighted by molar-refractivity contribution is -0.119. The number of amides is 1. The number of hydrogen-bond acceptors (Lipinski definition) is 2. The normalized spacial score (nSPS) is 9.77. The fraction of sp³-hybridized carbons (Fsp3) is 0.333. The molecule has 0 atom stereocenters. The number of rotatable bonds is 2. The smallest absolute Gasteiger partial charge is 0.224 e. The van der Waals surface area contributed by atoms with Crippen molar-refractivity contribution < 1.29 is 4.79 Å². The van der Waals surface area contributed by atoms with Crippen molar-refractivity contribution in [2.24, 2.45) is 0 Å². The third kappa shape index (κ3) is 2.70. The van der Waals surface area contributed by atoms with Crippen LogP contribution in [-0.2, 0) is 11.2 Å². The van der Waals surface area contributed by atoms with Crippen LogP contribution in [0.3, 0.4) is 0 Å². The van der Waals surface area contributed by atoms with Gasteiger partial charge in [-0.2, -0.15) is 0 Å². The molecule has 1 heterocycles. The van der Waals surface area contributed by atoms with E-state index in [-0.39, 0.29) is 12.3 Å². The van der Waals surface area contributed by atoms with E-state index in [1.165, 1.54) is 0 Å². The molecule has 1 amide bonds. The van der Waals surface area contributed by atoms with Crippen LogP contribution in [0.1, 0.15) is 11.3 Å². The van der Waals surface area contributed by atoms with E-state index >= 15 is 0 Å². The highest BCUT2D eigenvalue weighted by Gasteiger charge is 2.05. The number of aryl methyl sites for hydroxylation is 1. The summed E-state index contributed by atoms with van der Waals surface area (Å²) in [6, 6.07) is 3.66. The summed E-state index contributed by atoms with van der Waals surface area (Å²) in [6.45, 7) is 1.86. The third-order valence-electron chi connectivity index (χ3n) is 1.70. The Labute approximate surface area is 82.1 Å². The minimum atomic E-state index is -0.0625. The van der Waals surface area contributed by atoms with Gasteiger partial charge in [0.25, 0.3) is 0 Å². The fourth-order valence-electron chi connectivity index (χ4n) is 0.947. The average molecular weight is 199 g/mol. The Kier molecular flexibility index (Phi) is 3.25.